The van der Waals surface area contributed by atoms with Crippen LogP contribution in [0.3, 0.4) is 0 Å². The van der Waals surface area contributed by atoms with E-state index in [4.69, 9.17) is 0 Å². The number of rotatable bonds is 6. The van der Waals surface area contributed by atoms with Gasteiger partial charge in [-0.05, 0) is 72.4 Å². The summed E-state index contributed by atoms with van der Waals surface area (Å²) in [6.45, 7) is 2.04. The summed E-state index contributed by atoms with van der Waals surface area (Å²) in [7, 11) is 0. The van der Waals surface area contributed by atoms with Crippen LogP contribution in [-0.4, -0.2) is 24.0 Å². The fraction of sp³-hybridized carbons (Fsp3) is 0.188. The molecule has 0 aliphatic carbocycles. The lowest BCUT2D eigenvalue weighted by molar-refractivity contribution is -0.137. The number of allylic oxidation sites excluding steroid dienone is 2. The van der Waals surface area contributed by atoms with Crippen molar-refractivity contribution in [2.75, 3.05) is 23.3 Å². The molecular formula is C32H28F3N3O. The van der Waals surface area contributed by atoms with Gasteiger partial charge in [-0.2, -0.15) is 13.2 Å². The van der Waals surface area contributed by atoms with Gasteiger partial charge >= 0.3 is 6.18 Å². The third-order valence-electron chi connectivity index (χ3n) is 6.87. The summed E-state index contributed by atoms with van der Waals surface area (Å²) >= 11 is 0. The van der Waals surface area contributed by atoms with Crippen LogP contribution in [0.25, 0.3) is 16.3 Å². The second kappa shape index (κ2) is 11.6. The Bertz CT molecular complexity index is 1500. The van der Waals surface area contributed by atoms with Gasteiger partial charge in [0.1, 0.15) is 0 Å². The highest BCUT2D eigenvalue weighted by Gasteiger charge is 2.30. The first-order valence-electron chi connectivity index (χ1n) is 12.9. The Morgan fingerprint density at radius 1 is 0.872 bits per heavy atom. The minimum Gasteiger partial charge on any atom is -0.372 e. The van der Waals surface area contributed by atoms with E-state index in [1.165, 1.54) is 37.5 Å². The third kappa shape index (κ3) is 6.37. The van der Waals surface area contributed by atoms with Gasteiger partial charge in [-0.15, -0.1) is 0 Å². The first-order chi connectivity index (χ1) is 18.9. The molecule has 0 bridgehead atoms. The normalized spacial score (nSPS) is 14.6. The summed E-state index contributed by atoms with van der Waals surface area (Å²) in [5, 5.41) is 4.69. The minimum atomic E-state index is -4.41. The Labute approximate surface area is 225 Å². The zero-order chi connectivity index (χ0) is 27.2. The summed E-state index contributed by atoms with van der Waals surface area (Å²) < 4.78 is 39.5. The van der Waals surface area contributed by atoms with Gasteiger partial charge in [0, 0.05) is 53.7 Å². The van der Waals surface area contributed by atoms with Crippen molar-refractivity contribution in [2.45, 2.75) is 25.4 Å². The molecule has 0 atom stereocenters. The van der Waals surface area contributed by atoms with Crippen LogP contribution < -0.4 is 10.2 Å². The number of piperidine rings is 1. The maximum absolute atomic E-state index is 13.2. The molecule has 0 saturated carbocycles. The van der Waals surface area contributed by atoms with Crippen molar-refractivity contribution in [2.24, 2.45) is 0 Å². The second-order valence-corrected chi connectivity index (χ2v) is 9.50. The Kier molecular flexibility index (Phi) is 7.77. The molecular weight excluding hydrogens is 499 g/mol. The number of fused-ring (bicyclic) bond motifs is 1. The molecule has 4 nitrogen and oxygen atoms in total. The van der Waals surface area contributed by atoms with E-state index < -0.39 is 11.7 Å². The van der Waals surface area contributed by atoms with Gasteiger partial charge in [0.2, 0.25) is 5.91 Å². The van der Waals surface area contributed by atoms with Crippen molar-refractivity contribution in [1.82, 2.24) is 4.98 Å². The molecule has 7 heteroatoms. The van der Waals surface area contributed by atoms with Crippen molar-refractivity contribution >= 4 is 33.6 Å². The van der Waals surface area contributed by atoms with Crippen molar-refractivity contribution < 1.29 is 18.0 Å². The van der Waals surface area contributed by atoms with Gasteiger partial charge in [-0.1, -0.05) is 48.6 Å². The maximum Gasteiger partial charge on any atom is 0.416 e. The SMILES string of the molecule is O=C(/C=C/C=C(\c1ccc(N2CCCCC2)cc1)c1ccc(C(F)(F)F)cc1)Nc1cccc2cnccc12. The molecule has 0 radical (unpaired) electrons. The quantitative estimate of drug-likeness (QED) is 0.205. The lowest BCUT2D eigenvalue weighted by atomic mass is 9.96. The molecule has 0 unspecified atom stereocenters. The number of benzene rings is 3. The van der Waals surface area contributed by atoms with E-state index in [0.29, 0.717) is 16.8 Å². The van der Waals surface area contributed by atoms with Gasteiger partial charge in [0.05, 0.1) is 5.56 Å². The van der Waals surface area contributed by atoms with Crippen LogP contribution in [-0.2, 0) is 11.0 Å². The number of alkyl halides is 3. The fourth-order valence-electron chi connectivity index (χ4n) is 4.84. The number of anilines is 2. The van der Waals surface area contributed by atoms with Crippen molar-refractivity contribution in [1.29, 1.82) is 0 Å². The predicted molar refractivity (Wildman–Crippen MR) is 151 cm³/mol. The topological polar surface area (TPSA) is 45.2 Å². The van der Waals surface area contributed by atoms with E-state index in [9.17, 15) is 18.0 Å². The number of hydrogen-bond acceptors (Lipinski definition) is 3. The Morgan fingerprint density at radius 3 is 2.26 bits per heavy atom. The van der Waals surface area contributed by atoms with E-state index >= 15 is 0 Å². The highest BCUT2D eigenvalue weighted by molar-refractivity contribution is 6.06. The largest absolute Gasteiger partial charge is 0.416 e. The zero-order valence-electron chi connectivity index (χ0n) is 21.3. The van der Waals surface area contributed by atoms with Gasteiger partial charge in [-0.25, -0.2) is 0 Å². The smallest absolute Gasteiger partial charge is 0.372 e. The van der Waals surface area contributed by atoms with Crippen molar-refractivity contribution in [3.8, 4) is 0 Å². The number of nitrogens with zero attached hydrogens (tertiary/aromatic N) is 2. The van der Waals surface area contributed by atoms with Crippen molar-refractivity contribution in [3.63, 3.8) is 0 Å². The molecule has 1 N–H and O–H groups in total. The highest BCUT2D eigenvalue weighted by atomic mass is 19.4. The summed E-state index contributed by atoms with van der Waals surface area (Å²) in [5.74, 6) is -0.317. The number of hydrogen-bond donors (Lipinski definition) is 1. The summed E-state index contributed by atoms with van der Waals surface area (Å²) in [6, 6.07) is 20.6. The van der Waals surface area contributed by atoms with Crippen LogP contribution in [0, 0.1) is 0 Å². The van der Waals surface area contributed by atoms with E-state index in [1.54, 1.807) is 24.5 Å². The number of carbonyl (C=O) groups is 1. The molecule has 198 valence electrons. The van der Waals surface area contributed by atoms with Crippen LogP contribution in [0.2, 0.25) is 0 Å². The Morgan fingerprint density at radius 2 is 1.56 bits per heavy atom. The first kappa shape index (κ1) is 26.2. The van der Waals surface area contributed by atoms with Gasteiger partial charge < -0.3 is 10.2 Å². The summed E-state index contributed by atoms with van der Waals surface area (Å²) in [5.41, 5.74) is 3.29. The molecule has 39 heavy (non-hydrogen) atoms. The molecule has 1 aliphatic heterocycles. The van der Waals surface area contributed by atoms with Crippen LogP contribution in [0.15, 0.2) is 103 Å². The molecule has 2 heterocycles. The van der Waals surface area contributed by atoms with E-state index in [-0.39, 0.29) is 5.91 Å². The molecule has 0 spiro atoms. The van der Waals surface area contributed by atoms with Crippen LogP contribution in [0.1, 0.15) is 36.0 Å². The first-order valence-corrected chi connectivity index (χ1v) is 12.9. The standard InChI is InChI=1S/C32H28F3N3O/c33-32(34,35)26-14-10-23(11-15-26)28(24-12-16-27(17-13-24)38-20-2-1-3-21-38)7-5-9-31(39)37-30-8-4-6-25-22-36-19-18-29(25)30/h4-19,22H,1-3,20-21H2,(H,37,39)/b9-5+,28-7-. The molecule has 1 amide bonds. The van der Waals surface area contributed by atoms with Crippen LogP contribution in [0.5, 0.6) is 0 Å². The van der Waals surface area contributed by atoms with Crippen LogP contribution >= 0.6 is 0 Å². The van der Waals surface area contributed by atoms with Gasteiger partial charge in [0.25, 0.3) is 0 Å². The molecule has 1 aromatic heterocycles. The average molecular weight is 528 g/mol. The van der Waals surface area contributed by atoms with Gasteiger partial charge in [0.15, 0.2) is 0 Å². The lowest BCUT2D eigenvalue weighted by Gasteiger charge is -2.29. The lowest BCUT2D eigenvalue weighted by Crippen LogP contribution is -2.29. The predicted octanol–water partition coefficient (Wildman–Crippen LogP) is 7.87. The molecule has 3 aromatic carbocycles. The highest BCUT2D eigenvalue weighted by Crippen LogP contribution is 2.32. The molecule has 1 fully saturated rings. The molecule has 1 aliphatic rings. The fourth-order valence-corrected chi connectivity index (χ4v) is 4.84. The molecule has 4 aromatic rings. The third-order valence-corrected chi connectivity index (χ3v) is 6.87. The summed E-state index contributed by atoms with van der Waals surface area (Å²) in [6.07, 6.45) is 7.36. The number of amides is 1. The van der Waals surface area contributed by atoms with Gasteiger partial charge in [-0.3, -0.25) is 9.78 Å². The van der Waals surface area contributed by atoms with E-state index in [0.717, 1.165) is 47.2 Å². The molecule has 5 rings (SSSR count). The average Bonchev–Trinajstić information content (AvgIpc) is 2.96. The zero-order valence-corrected chi connectivity index (χ0v) is 21.3. The maximum atomic E-state index is 13.2. The molecule has 1 saturated heterocycles. The van der Waals surface area contributed by atoms with Crippen molar-refractivity contribution in [3.05, 3.63) is 120 Å². The second-order valence-electron chi connectivity index (χ2n) is 9.50. The number of carbonyl (C=O) groups excluding carboxylic acids is 1. The number of aromatic nitrogens is 1. The van der Waals surface area contributed by atoms with E-state index in [2.05, 4.69) is 15.2 Å². The summed E-state index contributed by atoms with van der Waals surface area (Å²) in [4.78, 5) is 19.2. The monoisotopic (exact) mass is 527 g/mol. The number of pyridine rings is 1. The van der Waals surface area contributed by atoms with Crippen LogP contribution in [0.4, 0.5) is 24.5 Å². The number of halogens is 3. The minimum absolute atomic E-state index is 0.317. The Hall–Kier alpha value is -4.39. The van der Waals surface area contributed by atoms with E-state index in [1.807, 2.05) is 48.5 Å². The Balaban J connectivity index is 1.41. The number of nitrogens with one attached hydrogen (secondary N) is 1.